The Kier molecular flexibility index (Phi) is 4.36. The van der Waals surface area contributed by atoms with Crippen LogP contribution in [-0.4, -0.2) is 54.5 Å². The number of piperidine rings is 1. The molecule has 0 bridgehead atoms. The van der Waals surface area contributed by atoms with E-state index in [1.54, 1.807) is 0 Å². The Labute approximate surface area is 138 Å². The van der Waals surface area contributed by atoms with E-state index in [4.69, 9.17) is 0 Å². The van der Waals surface area contributed by atoms with Gasteiger partial charge in [0.2, 0.25) is 5.91 Å². The highest BCUT2D eigenvalue weighted by Gasteiger charge is 2.41. The first-order chi connectivity index (χ1) is 11.3. The van der Waals surface area contributed by atoms with Crippen LogP contribution in [0.15, 0.2) is 30.3 Å². The van der Waals surface area contributed by atoms with Crippen molar-refractivity contribution >= 4 is 5.91 Å². The zero-order valence-corrected chi connectivity index (χ0v) is 13.8. The Hall–Kier alpha value is -1.39. The molecule has 1 N–H and O–H groups in total. The lowest BCUT2D eigenvalue weighted by Gasteiger charge is -2.37. The quantitative estimate of drug-likeness (QED) is 0.923. The molecule has 0 spiro atoms. The van der Waals surface area contributed by atoms with Gasteiger partial charge < -0.3 is 10.2 Å². The number of hydrogen-bond donors (Lipinski definition) is 1. The van der Waals surface area contributed by atoms with E-state index in [1.165, 1.54) is 18.4 Å². The molecule has 1 aromatic rings. The largest absolute Gasteiger partial charge is 0.341 e. The van der Waals surface area contributed by atoms with Crippen molar-refractivity contribution in [1.29, 1.82) is 0 Å². The molecule has 0 radical (unpaired) electrons. The van der Waals surface area contributed by atoms with Gasteiger partial charge in [-0.15, -0.1) is 0 Å². The molecule has 3 aliphatic rings. The van der Waals surface area contributed by atoms with Gasteiger partial charge in [0.15, 0.2) is 0 Å². The van der Waals surface area contributed by atoms with Gasteiger partial charge in [0.05, 0.1) is 6.04 Å². The predicted molar refractivity (Wildman–Crippen MR) is 90.9 cm³/mol. The summed E-state index contributed by atoms with van der Waals surface area (Å²) in [5.41, 5.74) is 1.31. The van der Waals surface area contributed by atoms with Crippen LogP contribution in [0.1, 0.15) is 24.8 Å². The molecular weight excluding hydrogens is 286 g/mol. The Balaban J connectivity index is 1.43. The molecule has 23 heavy (non-hydrogen) atoms. The maximum absolute atomic E-state index is 13.1. The molecule has 1 amide bonds. The number of rotatable bonds is 3. The molecule has 3 aliphatic heterocycles. The zero-order chi connectivity index (χ0) is 15.6. The molecule has 4 rings (SSSR count). The Morgan fingerprint density at radius 1 is 1.09 bits per heavy atom. The number of carbonyl (C=O) groups excluding carboxylic acids is 1. The number of benzene rings is 1. The Bertz CT molecular complexity index is 535. The fraction of sp³-hybridized carbons (Fsp3) is 0.632. The molecule has 4 heteroatoms. The minimum atomic E-state index is 0.0933. The molecule has 0 saturated carbocycles. The lowest BCUT2D eigenvalue weighted by atomic mass is 10.00. The lowest BCUT2D eigenvalue weighted by molar-refractivity contribution is -0.137. The molecule has 1 unspecified atom stereocenters. The second-order valence-corrected chi connectivity index (χ2v) is 7.39. The summed E-state index contributed by atoms with van der Waals surface area (Å²) in [7, 11) is 0. The molecular formula is C19H27N3O. The summed E-state index contributed by atoms with van der Waals surface area (Å²) in [6.45, 7) is 6.06. The van der Waals surface area contributed by atoms with Crippen LogP contribution in [0, 0.1) is 11.8 Å². The molecule has 3 fully saturated rings. The lowest BCUT2D eigenvalue weighted by Crippen LogP contribution is -2.50. The van der Waals surface area contributed by atoms with Crippen LogP contribution in [-0.2, 0) is 11.3 Å². The van der Waals surface area contributed by atoms with Crippen LogP contribution < -0.4 is 5.32 Å². The van der Waals surface area contributed by atoms with Gasteiger partial charge >= 0.3 is 0 Å². The number of fused-ring (bicyclic) bond motifs is 1. The topological polar surface area (TPSA) is 35.6 Å². The highest BCUT2D eigenvalue weighted by molar-refractivity contribution is 5.82. The zero-order valence-electron chi connectivity index (χ0n) is 13.8. The van der Waals surface area contributed by atoms with Gasteiger partial charge in [0.1, 0.15) is 0 Å². The summed E-state index contributed by atoms with van der Waals surface area (Å²) in [5, 5.41) is 3.46. The minimum absolute atomic E-state index is 0.0933. The summed E-state index contributed by atoms with van der Waals surface area (Å²) in [5.74, 6) is 1.75. The van der Waals surface area contributed by atoms with Crippen LogP contribution in [0.2, 0.25) is 0 Å². The first-order valence-corrected chi connectivity index (χ1v) is 9.09. The molecule has 0 aliphatic carbocycles. The van der Waals surface area contributed by atoms with Crippen LogP contribution in [0.25, 0.3) is 0 Å². The molecule has 0 aromatic heterocycles. The van der Waals surface area contributed by atoms with Gasteiger partial charge in [-0.05, 0) is 36.8 Å². The van der Waals surface area contributed by atoms with Crippen molar-refractivity contribution in [2.75, 3.05) is 32.7 Å². The molecule has 3 heterocycles. The van der Waals surface area contributed by atoms with E-state index < -0.39 is 0 Å². The smallest absolute Gasteiger partial charge is 0.239 e. The molecule has 1 aromatic carbocycles. The summed E-state index contributed by atoms with van der Waals surface area (Å²) in [4.78, 5) is 17.7. The summed E-state index contributed by atoms with van der Waals surface area (Å²) in [6.07, 6.45) is 3.42. The highest BCUT2D eigenvalue weighted by Crippen LogP contribution is 2.29. The Morgan fingerprint density at radius 2 is 1.83 bits per heavy atom. The third-order valence-corrected chi connectivity index (χ3v) is 5.83. The summed E-state index contributed by atoms with van der Waals surface area (Å²) in [6, 6.07) is 10.7. The number of likely N-dealkylation sites (tertiary alicyclic amines) is 2. The third-order valence-electron chi connectivity index (χ3n) is 5.83. The van der Waals surface area contributed by atoms with Crippen LogP contribution >= 0.6 is 0 Å². The fourth-order valence-electron chi connectivity index (χ4n) is 4.52. The van der Waals surface area contributed by atoms with Crippen LogP contribution in [0.5, 0.6) is 0 Å². The number of amides is 1. The maximum atomic E-state index is 13.1. The van der Waals surface area contributed by atoms with Crippen LogP contribution in [0.3, 0.4) is 0 Å². The predicted octanol–water partition coefficient (Wildman–Crippen LogP) is 1.72. The number of hydrogen-bond acceptors (Lipinski definition) is 3. The van der Waals surface area contributed by atoms with Crippen molar-refractivity contribution in [2.45, 2.75) is 31.8 Å². The average Bonchev–Trinajstić information content (AvgIpc) is 3.17. The van der Waals surface area contributed by atoms with Gasteiger partial charge in [0.25, 0.3) is 0 Å². The molecule has 124 valence electrons. The highest BCUT2D eigenvalue weighted by atomic mass is 16.2. The van der Waals surface area contributed by atoms with Crippen molar-refractivity contribution in [2.24, 2.45) is 11.8 Å². The number of carbonyl (C=O) groups is 1. The maximum Gasteiger partial charge on any atom is 0.239 e. The normalized spacial score (nSPS) is 31.3. The molecule has 3 atom stereocenters. The molecule has 3 saturated heterocycles. The minimum Gasteiger partial charge on any atom is -0.341 e. The van der Waals surface area contributed by atoms with Crippen molar-refractivity contribution < 1.29 is 4.79 Å². The number of nitrogens with one attached hydrogen (secondary N) is 1. The van der Waals surface area contributed by atoms with Crippen LogP contribution in [0.4, 0.5) is 0 Å². The SMILES string of the molecule is O=C(C1CCCCN1Cc1ccccc1)N1C[C@H]2CNC[C@H]2C1. The van der Waals surface area contributed by atoms with E-state index >= 15 is 0 Å². The average molecular weight is 313 g/mol. The second-order valence-electron chi connectivity index (χ2n) is 7.39. The van der Waals surface area contributed by atoms with Crippen molar-refractivity contribution in [3.8, 4) is 0 Å². The molecule has 4 nitrogen and oxygen atoms in total. The monoisotopic (exact) mass is 313 g/mol. The van der Waals surface area contributed by atoms with E-state index in [9.17, 15) is 4.79 Å². The van der Waals surface area contributed by atoms with Crippen molar-refractivity contribution in [1.82, 2.24) is 15.1 Å². The number of nitrogens with zero attached hydrogens (tertiary/aromatic N) is 2. The van der Waals surface area contributed by atoms with Crippen molar-refractivity contribution in [3.63, 3.8) is 0 Å². The van der Waals surface area contributed by atoms with Crippen molar-refractivity contribution in [3.05, 3.63) is 35.9 Å². The van der Waals surface area contributed by atoms with Gasteiger partial charge in [-0.25, -0.2) is 0 Å². The van der Waals surface area contributed by atoms with E-state index in [2.05, 4.69) is 45.4 Å². The van der Waals surface area contributed by atoms with Gasteiger partial charge in [-0.3, -0.25) is 9.69 Å². The van der Waals surface area contributed by atoms with E-state index in [-0.39, 0.29) is 6.04 Å². The second kappa shape index (κ2) is 6.62. The van der Waals surface area contributed by atoms with Gasteiger partial charge in [0, 0.05) is 32.7 Å². The van der Waals surface area contributed by atoms with E-state index in [0.29, 0.717) is 17.7 Å². The Morgan fingerprint density at radius 3 is 2.57 bits per heavy atom. The van der Waals surface area contributed by atoms with E-state index in [0.717, 1.165) is 45.7 Å². The fourth-order valence-corrected chi connectivity index (χ4v) is 4.52. The first kappa shape index (κ1) is 15.2. The summed E-state index contributed by atoms with van der Waals surface area (Å²) < 4.78 is 0. The first-order valence-electron chi connectivity index (χ1n) is 9.09. The third kappa shape index (κ3) is 3.15. The van der Waals surface area contributed by atoms with Gasteiger partial charge in [-0.1, -0.05) is 36.8 Å². The standard InChI is InChI=1S/C19H27N3O/c23-19(22-13-16-10-20-11-17(16)14-22)18-8-4-5-9-21(18)12-15-6-2-1-3-7-15/h1-3,6-7,16-18,20H,4-5,8-14H2/t16-,17+,18?. The summed E-state index contributed by atoms with van der Waals surface area (Å²) >= 11 is 0. The van der Waals surface area contributed by atoms with Gasteiger partial charge in [-0.2, -0.15) is 0 Å². The van der Waals surface area contributed by atoms with E-state index in [1.807, 2.05) is 0 Å².